The topological polar surface area (TPSA) is 74.8 Å². The van der Waals surface area contributed by atoms with Crippen molar-refractivity contribution in [3.05, 3.63) is 12.5 Å². The molecule has 7 heteroatoms. The number of hydrogen-bond acceptors (Lipinski definition) is 3. The fourth-order valence-corrected chi connectivity index (χ4v) is 3.26. The zero-order valence-electron chi connectivity index (χ0n) is 10.2. The molecule has 0 aliphatic rings. The summed E-state index contributed by atoms with van der Waals surface area (Å²) in [6, 6.07) is -0.129. The van der Waals surface area contributed by atoms with Crippen LogP contribution >= 0.6 is 15.9 Å². The minimum absolute atomic E-state index is 0.0984. The largest absolute Gasteiger partial charge is 0.335 e. The van der Waals surface area contributed by atoms with Crippen LogP contribution in [0.1, 0.15) is 27.2 Å². The first kappa shape index (κ1) is 14.7. The van der Waals surface area contributed by atoms with Crippen LogP contribution in [0, 0.1) is 5.41 Å². The van der Waals surface area contributed by atoms with Crippen LogP contribution in [-0.2, 0) is 10.0 Å². The summed E-state index contributed by atoms with van der Waals surface area (Å²) in [7, 11) is -3.51. The van der Waals surface area contributed by atoms with E-state index in [4.69, 9.17) is 0 Å². The molecular weight excluding hydrogens is 306 g/mol. The molecule has 0 spiro atoms. The van der Waals surface area contributed by atoms with E-state index in [9.17, 15) is 8.42 Å². The Morgan fingerprint density at radius 3 is 2.59 bits per heavy atom. The van der Waals surface area contributed by atoms with Crippen molar-refractivity contribution in [2.75, 3.05) is 5.33 Å². The maximum absolute atomic E-state index is 12.0. The summed E-state index contributed by atoms with van der Waals surface area (Å²) < 4.78 is 26.8. The fraction of sp³-hybridized carbons (Fsp3) is 0.700. The normalized spacial score (nSPS) is 14.8. The van der Waals surface area contributed by atoms with Gasteiger partial charge in [0.25, 0.3) is 10.0 Å². The lowest BCUT2D eigenvalue weighted by Gasteiger charge is -2.30. The smallest absolute Gasteiger partial charge is 0.257 e. The van der Waals surface area contributed by atoms with E-state index < -0.39 is 10.0 Å². The Morgan fingerprint density at radius 1 is 1.53 bits per heavy atom. The van der Waals surface area contributed by atoms with Crippen molar-refractivity contribution in [2.24, 2.45) is 5.41 Å². The van der Waals surface area contributed by atoms with E-state index in [1.807, 2.05) is 20.8 Å². The lowest BCUT2D eigenvalue weighted by Crippen LogP contribution is -2.44. The maximum Gasteiger partial charge on any atom is 0.257 e. The predicted octanol–water partition coefficient (Wildman–Crippen LogP) is 1.89. The molecule has 2 N–H and O–H groups in total. The highest BCUT2D eigenvalue weighted by molar-refractivity contribution is 9.09. The summed E-state index contributed by atoms with van der Waals surface area (Å²) in [5.74, 6) is 0. The van der Waals surface area contributed by atoms with E-state index in [1.165, 1.54) is 12.5 Å². The average molecular weight is 324 g/mol. The van der Waals surface area contributed by atoms with E-state index >= 15 is 0 Å². The van der Waals surface area contributed by atoms with Gasteiger partial charge in [-0.3, -0.25) is 0 Å². The minimum Gasteiger partial charge on any atom is -0.335 e. The van der Waals surface area contributed by atoms with Crippen LogP contribution in [0.2, 0.25) is 0 Å². The molecule has 1 aromatic rings. The van der Waals surface area contributed by atoms with Crippen molar-refractivity contribution in [3.63, 3.8) is 0 Å². The molecule has 0 saturated heterocycles. The number of rotatable bonds is 5. The number of nitrogens with one attached hydrogen (secondary N) is 2. The van der Waals surface area contributed by atoms with Crippen LogP contribution in [-0.4, -0.2) is 29.8 Å². The van der Waals surface area contributed by atoms with Crippen LogP contribution in [0.15, 0.2) is 17.6 Å². The summed E-state index contributed by atoms with van der Waals surface area (Å²) in [6.07, 6.45) is 3.39. The van der Waals surface area contributed by atoms with Gasteiger partial charge in [0, 0.05) is 11.4 Å². The Hall–Kier alpha value is -0.400. The number of H-pyrrole nitrogens is 1. The Labute approximate surface area is 111 Å². The van der Waals surface area contributed by atoms with E-state index in [-0.39, 0.29) is 16.5 Å². The third-order valence-corrected chi connectivity index (χ3v) is 4.36. The van der Waals surface area contributed by atoms with Gasteiger partial charge in [0.05, 0.1) is 12.5 Å². The van der Waals surface area contributed by atoms with Crippen molar-refractivity contribution < 1.29 is 8.42 Å². The number of imidazole rings is 1. The van der Waals surface area contributed by atoms with Gasteiger partial charge in [0.15, 0.2) is 5.03 Å². The van der Waals surface area contributed by atoms with Crippen molar-refractivity contribution in [1.82, 2.24) is 14.7 Å². The quantitative estimate of drug-likeness (QED) is 0.812. The first-order valence-corrected chi connectivity index (χ1v) is 7.94. The standard InChI is InChI=1S/C10H18BrN3O2S/c1-10(2,3)8(4-5-11)14-17(15,16)9-6-12-7-13-9/h6-8,14H,4-5H2,1-3H3,(H,12,13). The molecule has 0 aliphatic heterocycles. The molecule has 0 aromatic carbocycles. The molecule has 17 heavy (non-hydrogen) atoms. The molecule has 0 fully saturated rings. The zero-order valence-corrected chi connectivity index (χ0v) is 12.6. The molecule has 5 nitrogen and oxygen atoms in total. The Morgan fingerprint density at radius 2 is 2.18 bits per heavy atom. The van der Waals surface area contributed by atoms with Crippen LogP contribution in [0.25, 0.3) is 0 Å². The molecule has 98 valence electrons. The first-order valence-electron chi connectivity index (χ1n) is 5.34. The summed E-state index contributed by atoms with van der Waals surface area (Å²) >= 11 is 3.34. The van der Waals surface area contributed by atoms with Crippen molar-refractivity contribution in [2.45, 2.75) is 38.3 Å². The number of halogens is 1. The van der Waals surface area contributed by atoms with Gasteiger partial charge >= 0.3 is 0 Å². The summed E-state index contributed by atoms with van der Waals surface area (Å²) in [6.45, 7) is 6.03. The minimum atomic E-state index is -3.51. The highest BCUT2D eigenvalue weighted by Gasteiger charge is 2.29. The molecule has 1 atom stereocenters. The van der Waals surface area contributed by atoms with E-state index in [1.54, 1.807) is 0 Å². The Bertz CT molecular complexity index is 437. The monoisotopic (exact) mass is 323 g/mol. The predicted molar refractivity (Wildman–Crippen MR) is 70.6 cm³/mol. The molecule has 0 bridgehead atoms. The maximum atomic E-state index is 12.0. The van der Waals surface area contributed by atoms with Crippen molar-refractivity contribution >= 4 is 26.0 Å². The SMILES string of the molecule is CC(C)(C)C(CCBr)NS(=O)(=O)c1cnc[nH]1. The average Bonchev–Trinajstić information content (AvgIpc) is 2.68. The second-order valence-corrected chi connectivity index (χ2v) is 7.41. The van der Waals surface area contributed by atoms with Gasteiger partial charge in [0.2, 0.25) is 0 Å². The van der Waals surface area contributed by atoms with E-state index in [0.717, 1.165) is 11.8 Å². The fourth-order valence-electron chi connectivity index (χ4n) is 1.42. The second kappa shape index (κ2) is 5.49. The molecule has 0 saturated carbocycles. The Balaban J connectivity index is 2.88. The number of alkyl halides is 1. The number of nitrogens with zero attached hydrogens (tertiary/aromatic N) is 1. The molecule has 1 aromatic heterocycles. The number of aromatic amines is 1. The molecule has 0 amide bonds. The first-order chi connectivity index (χ1) is 7.77. The molecule has 1 heterocycles. The zero-order chi connectivity index (χ0) is 13.1. The van der Waals surface area contributed by atoms with Crippen molar-refractivity contribution in [3.8, 4) is 0 Å². The molecule has 1 unspecified atom stereocenters. The van der Waals surface area contributed by atoms with Gasteiger partial charge in [-0.1, -0.05) is 36.7 Å². The van der Waals surface area contributed by atoms with E-state index in [2.05, 4.69) is 30.6 Å². The summed E-state index contributed by atoms with van der Waals surface area (Å²) in [5, 5.41) is 0.849. The van der Waals surface area contributed by atoms with Gasteiger partial charge < -0.3 is 4.98 Å². The van der Waals surface area contributed by atoms with Gasteiger partial charge in [-0.15, -0.1) is 0 Å². The van der Waals surface area contributed by atoms with Crippen molar-refractivity contribution in [1.29, 1.82) is 0 Å². The third kappa shape index (κ3) is 4.08. The third-order valence-electron chi connectivity index (χ3n) is 2.50. The van der Waals surface area contributed by atoms with Gasteiger partial charge in [-0.2, -0.15) is 0 Å². The van der Waals surface area contributed by atoms with E-state index in [0.29, 0.717) is 0 Å². The lowest BCUT2D eigenvalue weighted by molar-refractivity contribution is 0.293. The highest BCUT2D eigenvalue weighted by Crippen LogP contribution is 2.24. The van der Waals surface area contributed by atoms with Crippen LogP contribution in [0.3, 0.4) is 0 Å². The number of aromatic nitrogens is 2. The summed E-state index contributed by atoms with van der Waals surface area (Å²) in [5.41, 5.74) is -0.138. The van der Waals surface area contributed by atoms with Crippen LogP contribution < -0.4 is 4.72 Å². The van der Waals surface area contributed by atoms with Crippen LogP contribution in [0.4, 0.5) is 0 Å². The number of sulfonamides is 1. The highest BCUT2D eigenvalue weighted by atomic mass is 79.9. The van der Waals surface area contributed by atoms with Gasteiger partial charge in [-0.25, -0.2) is 18.1 Å². The molecule has 0 radical (unpaired) electrons. The molecule has 1 rings (SSSR count). The second-order valence-electron chi connectivity index (χ2n) is 4.93. The molecule has 0 aliphatic carbocycles. The van der Waals surface area contributed by atoms with Crippen LogP contribution in [0.5, 0.6) is 0 Å². The van der Waals surface area contributed by atoms with Gasteiger partial charge in [0.1, 0.15) is 0 Å². The van der Waals surface area contributed by atoms with Gasteiger partial charge in [-0.05, 0) is 11.8 Å². The molecular formula is C10H18BrN3O2S. The lowest BCUT2D eigenvalue weighted by atomic mass is 9.86. The summed E-state index contributed by atoms with van der Waals surface area (Å²) in [4.78, 5) is 6.32. The Kier molecular flexibility index (Phi) is 4.74. The number of hydrogen-bond donors (Lipinski definition) is 2.